The molecular weight excluding hydrogens is 470 g/mol. The van der Waals surface area contributed by atoms with Gasteiger partial charge in [-0.3, -0.25) is 19.6 Å². The summed E-state index contributed by atoms with van der Waals surface area (Å²) in [7, 11) is 0. The van der Waals surface area contributed by atoms with Gasteiger partial charge in [0.1, 0.15) is 6.04 Å². The third-order valence-corrected chi connectivity index (χ3v) is 7.00. The second-order valence-electron chi connectivity index (χ2n) is 11.0. The molecule has 4 N–H and O–H groups in total. The number of nitrogens with one attached hydrogen (secondary N) is 3. The molecule has 0 heterocycles. The van der Waals surface area contributed by atoms with Gasteiger partial charge in [0.05, 0.1) is 12.0 Å². The fourth-order valence-electron chi connectivity index (χ4n) is 4.97. The third-order valence-electron chi connectivity index (χ3n) is 7.00. The fourth-order valence-corrected chi connectivity index (χ4v) is 4.97. The first-order chi connectivity index (χ1) is 17.6. The van der Waals surface area contributed by atoms with Crippen molar-refractivity contribution in [1.82, 2.24) is 16.1 Å². The minimum Gasteiger partial charge on any atom is -0.364 e. The molecule has 3 unspecified atom stereocenters. The van der Waals surface area contributed by atoms with Crippen LogP contribution in [0.2, 0.25) is 0 Å². The summed E-state index contributed by atoms with van der Waals surface area (Å²) in [6, 6.07) is 13.0. The lowest BCUT2D eigenvalue weighted by molar-refractivity contribution is -0.157. The van der Waals surface area contributed by atoms with Gasteiger partial charge in [0.25, 0.3) is 5.91 Å². The van der Waals surface area contributed by atoms with Gasteiger partial charge in [0, 0.05) is 6.54 Å². The minimum absolute atomic E-state index is 0.176. The summed E-state index contributed by atoms with van der Waals surface area (Å²) in [6.45, 7) is 7.88. The number of hydrogen-bond acceptors (Lipinski definition) is 5. The molecule has 2 aromatic rings. The number of likely N-dealkylation sites (N-methyl/N-ethyl adjacent to an activating group) is 1. The average molecular weight is 512 g/mol. The first-order valence-electron chi connectivity index (χ1n) is 13.3. The largest absolute Gasteiger partial charge is 0.364 e. The van der Waals surface area contributed by atoms with Crippen molar-refractivity contribution in [2.75, 3.05) is 6.54 Å². The zero-order chi connectivity index (χ0) is 27.0. The molecule has 0 aromatic heterocycles. The Hall–Kier alpha value is -2.97. The molecule has 1 aliphatic carbocycles. The highest BCUT2D eigenvalue weighted by Gasteiger charge is 2.40. The summed E-state index contributed by atoms with van der Waals surface area (Å²) in [5, 5.41) is 17.3. The molecule has 202 valence electrons. The molecule has 1 aliphatic rings. The second-order valence-corrected chi connectivity index (χ2v) is 11.0. The van der Waals surface area contributed by atoms with Gasteiger partial charge >= 0.3 is 0 Å². The molecule has 3 atom stereocenters. The van der Waals surface area contributed by atoms with E-state index >= 15 is 0 Å². The molecule has 8 heteroatoms. The summed E-state index contributed by atoms with van der Waals surface area (Å²) in [4.78, 5) is 39.6. The van der Waals surface area contributed by atoms with Crippen molar-refractivity contribution in [1.29, 1.82) is 0 Å². The summed E-state index contributed by atoms with van der Waals surface area (Å²) < 4.78 is 6.23. The van der Waals surface area contributed by atoms with E-state index in [4.69, 9.17) is 4.74 Å². The number of carbonyl (C=O) groups is 3. The number of benzene rings is 2. The SMILES string of the molecule is CCNC(=O)C(NC(=O)C(Cc1ccc2ccccc2c1)C(OC1CCCCC1)C(=O)NO)C(C)(C)C. The van der Waals surface area contributed by atoms with Gasteiger partial charge < -0.3 is 15.4 Å². The molecule has 3 amide bonds. The van der Waals surface area contributed by atoms with E-state index in [1.807, 2.05) is 70.2 Å². The Bertz CT molecular complexity index is 1070. The molecule has 0 radical (unpaired) electrons. The van der Waals surface area contributed by atoms with Crippen LogP contribution < -0.4 is 16.1 Å². The first-order valence-corrected chi connectivity index (χ1v) is 13.3. The standard InChI is InChI=1S/C29H41N3O5/c1-5-30-28(35)25(29(2,3)4)31-26(33)23(18-19-15-16-20-11-9-10-12-21(20)17-19)24(27(34)32-36)37-22-13-7-6-8-14-22/h9-12,15-17,22-25,36H,5-8,13-14,18H2,1-4H3,(H,30,35)(H,31,33)(H,32,34). The lowest BCUT2D eigenvalue weighted by Gasteiger charge is -2.34. The third kappa shape index (κ3) is 7.76. The zero-order valence-corrected chi connectivity index (χ0v) is 22.4. The highest BCUT2D eigenvalue weighted by atomic mass is 16.5. The minimum atomic E-state index is -1.21. The highest BCUT2D eigenvalue weighted by molar-refractivity contribution is 5.93. The normalized spacial score (nSPS) is 17.0. The molecule has 1 saturated carbocycles. The molecule has 0 spiro atoms. The number of ether oxygens (including phenoxy) is 1. The molecular formula is C29H41N3O5. The Balaban J connectivity index is 1.96. The number of carbonyl (C=O) groups excluding carboxylic acids is 3. The van der Waals surface area contributed by atoms with Crippen LogP contribution in [0.4, 0.5) is 0 Å². The van der Waals surface area contributed by atoms with Crippen LogP contribution in [0.3, 0.4) is 0 Å². The van der Waals surface area contributed by atoms with Gasteiger partial charge in [0.15, 0.2) is 6.10 Å². The number of hydrogen-bond donors (Lipinski definition) is 4. The van der Waals surface area contributed by atoms with Gasteiger partial charge in [-0.15, -0.1) is 0 Å². The van der Waals surface area contributed by atoms with E-state index in [1.54, 1.807) is 5.48 Å². The smallest absolute Gasteiger partial charge is 0.273 e. The monoisotopic (exact) mass is 511 g/mol. The van der Waals surface area contributed by atoms with Crippen LogP contribution in [0.5, 0.6) is 0 Å². The Morgan fingerprint density at radius 2 is 1.65 bits per heavy atom. The Kier molecular flexibility index (Phi) is 10.1. The van der Waals surface area contributed by atoms with Crippen molar-refractivity contribution in [3.63, 3.8) is 0 Å². The number of amides is 3. The number of rotatable bonds is 10. The number of hydroxylamine groups is 1. The van der Waals surface area contributed by atoms with Gasteiger partial charge in [-0.05, 0) is 47.9 Å². The van der Waals surface area contributed by atoms with E-state index in [1.165, 1.54) is 0 Å². The molecule has 1 fully saturated rings. The maximum Gasteiger partial charge on any atom is 0.273 e. The second kappa shape index (κ2) is 13.0. The summed E-state index contributed by atoms with van der Waals surface area (Å²) in [5.74, 6) is -2.49. The predicted molar refractivity (Wildman–Crippen MR) is 143 cm³/mol. The van der Waals surface area contributed by atoms with Crippen LogP contribution in [0.25, 0.3) is 10.8 Å². The summed E-state index contributed by atoms with van der Waals surface area (Å²) >= 11 is 0. The van der Waals surface area contributed by atoms with Crippen molar-refractivity contribution in [2.24, 2.45) is 11.3 Å². The zero-order valence-electron chi connectivity index (χ0n) is 22.4. The van der Waals surface area contributed by atoms with Crippen LogP contribution in [0.1, 0.15) is 65.4 Å². The predicted octanol–water partition coefficient (Wildman–Crippen LogP) is 3.89. The van der Waals surface area contributed by atoms with E-state index in [9.17, 15) is 19.6 Å². The van der Waals surface area contributed by atoms with Crippen LogP contribution in [0, 0.1) is 11.3 Å². The molecule has 2 aromatic carbocycles. The molecule has 37 heavy (non-hydrogen) atoms. The Labute approximate surface area is 219 Å². The lowest BCUT2D eigenvalue weighted by Crippen LogP contribution is -2.57. The Morgan fingerprint density at radius 3 is 2.27 bits per heavy atom. The van der Waals surface area contributed by atoms with Gasteiger partial charge in [-0.1, -0.05) is 82.5 Å². The van der Waals surface area contributed by atoms with Gasteiger partial charge in [-0.25, -0.2) is 5.48 Å². The molecule has 8 nitrogen and oxygen atoms in total. The maximum absolute atomic E-state index is 13.8. The number of fused-ring (bicyclic) bond motifs is 1. The molecule has 3 rings (SSSR count). The van der Waals surface area contributed by atoms with Crippen LogP contribution in [0.15, 0.2) is 42.5 Å². The fraction of sp³-hybridized carbons (Fsp3) is 0.552. The van der Waals surface area contributed by atoms with Gasteiger partial charge in [-0.2, -0.15) is 0 Å². The lowest BCUT2D eigenvalue weighted by atomic mass is 9.84. The van der Waals surface area contributed by atoms with Crippen LogP contribution in [-0.2, 0) is 25.5 Å². The van der Waals surface area contributed by atoms with Crippen molar-refractivity contribution in [2.45, 2.75) is 84.5 Å². The van der Waals surface area contributed by atoms with Crippen molar-refractivity contribution in [3.8, 4) is 0 Å². The Morgan fingerprint density at radius 1 is 0.973 bits per heavy atom. The van der Waals surface area contributed by atoms with Crippen molar-refractivity contribution in [3.05, 3.63) is 48.0 Å². The molecule has 0 saturated heterocycles. The topological polar surface area (TPSA) is 117 Å². The highest BCUT2D eigenvalue weighted by Crippen LogP contribution is 2.27. The first kappa shape index (κ1) is 28.6. The van der Waals surface area contributed by atoms with E-state index in [0.29, 0.717) is 6.54 Å². The quantitative estimate of drug-likeness (QED) is 0.285. The van der Waals surface area contributed by atoms with Crippen molar-refractivity contribution < 1.29 is 24.3 Å². The van der Waals surface area contributed by atoms with Crippen LogP contribution >= 0.6 is 0 Å². The van der Waals surface area contributed by atoms with E-state index < -0.39 is 35.3 Å². The molecule has 0 bridgehead atoms. The average Bonchev–Trinajstić information content (AvgIpc) is 2.88. The maximum atomic E-state index is 13.8. The van der Waals surface area contributed by atoms with E-state index in [2.05, 4.69) is 10.6 Å². The summed E-state index contributed by atoms with van der Waals surface area (Å²) in [6.07, 6.45) is 3.49. The van der Waals surface area contributed by atoms with Crippen molar-refractivity contribution >= 4 is 28.5 Å². The van der Waals surface area contributed by atoms with E-state index in [0.717, 1.165) is 48.4 Å². The molecule has 0 aliphatic heterocycles. The van der Waals surface area contributed by atoms with Crippen LogP contribution in [-0.4, -0.2) is 47.7 Å². The van der Waals surface area contributed by atoms with E-state index in [-0.39, 0.29) is 18.4 Å². The summed E-state index contributed by atoms with van der Waals surface area (Å²) in [5.41, 5.74) is 1.99. The van der Waals surface area contributed by atoms with Gasteiger partial charge in [0.2, 0.25) is 11.8 Å².